The lowest BCUT2D eigenvalue weighted by Crippen LogP contribution is -2.65. The summed E-state index contributed by atoms with van der Waals surface area (Å²) in [7, 11) is 3.61. The molecule has 4 N–H and O–H groups in total. The van der Waals surface area contributed by atoms with Gasteiger partial charge in [0.1, 0.15) is 30.0 Å². The monoisotopic (exact) mass is 928 g/mol. The number of hydrogen-bond acceptors (Lipinski definition) is 11. The molecule has 0 spiro atoms. The number of carbonyl (C=O) groups excluding carboxylic acids is 6. The minimum absolute atomic E-state index is 0.0125. The molecule has 2 aromatic rings. The maximum atomic E-state index is 14.6. The van der Waals surface area contributed by atoms with Crippen molar-refractivity contribution < 1.29 is 37.9 Å². The van der Waals surface area contributed by atoms with E-state index >= 15 is 0 Å². The summed E-state index contributed by atoms with van der Waals surface area (Å²) in [5.41, 5.74) is 4.13. The van der Waals surface area contributed by atoms with Crippen LogP contribution in [0.2, 0.25) is 5.02 Å². The highest BCUT2D eigenvalue weighted by molar-refractivity contribution is 6.30. The van der Waals surface area contributed by atoms with Gasteiger partial charge in [-0.15, -0.1) is 0 Å². The van der Waals surface area contributed by atoms with Gasteiger partial charge < -0.3 is 30.5 Å². The van der Waals surface area contributed by atoms with Crippen LogP contribution in [0.25, 0.3) is 6.08 Å². The van der Waals surface area contributed by atoms with Gasteiger partial charge in [0.05, 0.1) is 12.1 Å². The van der Waals surface area contributed by atoms with Crippen molar-refractivity contribution >= 4 is 59.5 Å². The standard InChI is InChI=1S/C47H58ClFN10O7/c1-51-26-36(55-44(62)40-22-33(29-6-4-3-5-7-29)28-58(40)47(65)66-38-14-17-56(2)18-15-38)21-32-13-19-57(46(32)64)37-24-41(45(63)54-35(25-50)20-31-12-16-52-43(31)61)59(53-27-37)42(60)11-9-30-8-10-34(48)23-39(30)49/h3-11,23,26,31-33,35-38,40-41,53H,12-22,24,27-28H2,1-2H3,(H,52,61)(H,54,63)(H,55,62)/b11-9+,51-26-/t31?,32-,33+,35?,36-,37?,40-,41?/m0/s1. The first-order chi connectivity index (χ1) is 31.8. The lowest BCUT2D eigenvalue weighted by atomic mass is 9.95. The second-order valence-corrected chi connectivity index (χ2v) is 18.3. The molecule has 19 heteroatoms. The van der Waals surface area contributed by atoms with Crippen molar-refractivity contribution in [3.8, 4) is 6.07 Å². The topological polar surface area (TPSA) is 209 Å². The van der Waals surface area contributed by atoms with Crippen molar-refractivity contribution in [1.29, 1.82) is 5.26 Å². The molecule has 17 nitrogen and oxygen atoms in total. The minimum Gasteiger partial charge on any atom is -0.446 e. The van der Waals surface area contributed by atoms with Gasteiger partial charge in [-0.2, -0.15) is 5.26 Å². The van der Waals surface area contributed by atoms with Crippen LogP contribution in [0.15, 0.2) is 59.6 Å². The van der Waals surface area contributed by atoms with Crippen molar-refractivity contribution in [1.82, 2.24) is 41.1 Å². The summed E-state index contributed by atoms with van der Waals surface area (Å²) in [6.45, 7) is 2.86. The van der Waals surface area contributed by atoms with E-state index in [4.69, 9.17) is 16.3 Å². The van der Waals surface area contributed by atoms with E-state index in [-0.39, 0.29) is 66.1 Å². The first kappa shape index (κ1) is 48.0. The van der Waals surface area contributed by atoms with Gasteiger partial charge in [-0.1, -0.05) is 48.0 Å². The lowest BCUT2D eigenvalue weighted by Gasteiger charge is -2.42. The first-order valence-electron chi connectivity index (χ1n) is 22.7. The first-order valence-corrected chi connectivity index (χ1v) is 23.1. The fraction of sp³-hybridized carbons (Fsp3) is 0.532. The number of piperidine rings is 1. The maximum Gasteiger partial charge on any atom is 0.410 e. The number of hydrazine groups is 1. The largest absolute Gasteiger partial charge is 0.446 e. The highest BCUT2D eigenvalue weighted by Crippen LogP contribution is 2.34. The fourth-order valence-electron chi connectivity index (χ4n) is 9.73. The SMILES string of the molecule is C/N=C\[C@H](C[C@@H]1CCN(C2CNN(C(=O)/C=C/c3ccc(Cl)cc3F)C(C(=O)NC(C#N)CC3CCNC3=O)C2)C1=O)NC(=O)[C@@H]1C[C@@H](c2ccccc2)CN1C(=O)OC1CCN(C)CC1. The van der Waals surface area contributed by atoms with E-state index in [2.05, 4.69) is 37.3 Å². The molecule has 6 amide bonds. The third-order valence-electron chi connectivity index (χ3n) is 13.4. The fourth-order valence-corrected chi connectivity index (χ4v) is 9.89. The number of nitriles is 1. The Balaban J connectivity index is 1.02. The van der Waals surface area contributed by atoms with Crippen molar-refractivity contribution in [2.24, 2.45) is 16.8 Å². The lowest BCUT2D eigenvalue weighted by molar-refractivity contribution is -0.147. The molecule has 5 fully saturated rings. The zero-order chi connectivity index (χ0) is 46.9. The molecule has 0 saturated carbocycles. The number of amides is 6. The van der Waals surface area contributed by atoms with E-state index in [0.29, 0.717) is 51.7 Å². The van der Waals surface area contributed by atoms with Crippen molar-refractivity contribution in [2.75, 3.05) is 53.4 Å². The van der Waals surface area contributed by atoms with E-state index in [0.717, 1.165) is 35.8 Å². The molecule has 0 aromatic heterocycles. The number of hydrogen-bond donors (Lipinski definition) is 4. The summed E-state index contributed by atoms with van der Waals surface area (Å²) < 4.78 is 20.6. The molecule has 0 radical (unpaired) electrons. The average molecular weight is 929 g/mol. The van der Waals surface area contributed by atoms with Crippen LogP contribution in [0.5, 0.6) is 0 Å². The molecule has 7 rings (SSSR count). The van der Waals surface area contributed by atoms with E-state index in [1.54, 1.807) is 18.2 Å². The Hall–Kier alpha value is -5.90. The zero-order valence-electron chi connectivity index (χ0n) is 37.2. The molecule has 0 aliphatic carbocycles. The number of ether oxygens (including phenoxy) is 1. The summed E-state index contributed by atoms with van der Waals surface area (Å²) in [4.78, 5) is 91.8. The van der Waals surface area contributed by atoms with Crippen LogP contribution in [0.4, 0.5) is 9.18 Å². The molecule has 5 aliphatic rings. The van der Waals surface area contributed by atoms with Gasteiger partial charge in [-0.3, -0.25) is 38.9 Å². The second kappa shape index (κ2) is 22.1. The molecular weight excluding hydrogens is 871 g/mol. The van der Waals surface area contributed by atoms with Crippen LogP contribution in [-0.2, 0) is 28.7 Å². The summed E-state index contributed by atoms with van der Waals surface area (Å²) in [6, 6.07) is 11.6. The molecule has 2 aromatic carbocycles. The Morgan fingerprint density at radius 1 is 0.985 bits per heavy atom. The molecule has 5 saturated heterocycles. The molecule has 5 heterocycles. The molecular formula is C47H58ClFN10O7. The number of halogens is 2. The number of benzene rings is 2. The molecule has 66 heavy (non-hydrogen) atoms. The molecule has 4 unspecified atom stereocenters. The third-order valence-corrected chi connectivity index (χ3v) is 13.6. The van der Waals surface area contributed by atoms with E-state index < -0.39 is 65.8 Å². The van der Waals surface area contributed by atoms with Gasteiger partial charge in [0.15, 0.2) is 0 Å². The summed E-state index contributed by atoms with van der Waals surface area (Å²) in [5, 5.41) is 19.8. The Bertz CT molecular complexity index is 2220. The van der Waals surface area contributed by atoms with Crippen LogP contribution in [0.1, 0.15) is 68.4 Å². The molecule has 5 aliphatic heterocycles. The summed E-state index contributed by atoms with van der Waals surface area (Å²) >= 11 is 5.90. The zero-order valence-corrected chi connectivity index (χ0v) is 38.0. The van der Waals surface area contributed by atoms with Crippen LogP contribution in [-0.4, -0.2) is 151 Å². The van der Waals surface area contributed by atoms with Gasteiger partial charge in [-0.25, -0.2) is 14.6 Å². The van der Waals surface area contributed by atoms with Crippen LogP contribution in [0.3, 0.4) is 0 Å². The Kier molecular flexibility index (Phi) is 16.1. The quantitative estimate of drug-likeness (QED) is 0.161. The molecule has 352 valence electrons. The Morgan fingerprint density at radius 3 is 2.44 bits per heavy atom. The number of nitrogens with zero attached hydrogens (tertiary/aromatic N) is 6. The van der Waals surface area contributed by atoms with Crippen molar-refractivity contribution in [3.63, 3.8) is 0 Å². The smallest absolute Gasteiger partial charge is 0.410 e. The average Bonchev–Trinajstić information content (AvgIpc) is 4.05. The van der Waals surface area contributed by atoms with Gasteiger partial charge in [0.2, 0.25) is 23.6 Å². The predicted molar refractivity (Wildman–Crippen MR) is 243 cm³/mol. The van der Waals surface area contributed by atoms with Crippen molar-refractivity contribution in [3.05, 3.63) is 76.6 Å². The Labute approximate surface area is 389 Å². The highest BCUT2D eigenvalue weighted by Gasteiger charge is 2.45. The number of aliphatic imine (C=N–C) groups is 1. The van der Waals surface area contributed by atoms with E-state index in [1.807, 2.05) is 37.4 Å². The van der Waals surface area contributed by atoms with Gasteiger partial charge >= 0.3 is 6.09 Å². The summed E-state index contributed by atoms with van der Waals surface area (Å²) in [6.07, 6.45) is 6.34. The molecule has 8 atom stereocenters. The normalized spacial score (nSPS) is 26.1. The van der Waals surface area contributed by atoms with Crippen LogP contribution in [0, 0.1) is 29.0 Å². The van der Waals surface area contributed by atoms with Gasteiger partial charge in [0.25, 0.3) is 5.91 Å². The highest BCUT2D eigenvalue weighted by atomic mass is 35.5. The molecule has 0 bridgehead atoms. The van der Waals surface area contributed by atoms with E-state index in [1.165, 1.54) is 23.1 Å². The second-order valence-electron chi connectivity index (χ2n) is 17.9. The third kappa shape index (κ3) is 11.7. The predicted octanol–water partition coefficient (Wildman–Crippen LogP) is 3.01. The minimum atomic E-state index is -1.20. The Morgan fingerprint density at radius 2 is 1.74 bits per heavy atom. The number of carbonyl (C=O) groups is 6. The number of rotatable bonds is 14. The van der Waals surface area contributed by atoms with Crippen molar-refractivity contribution in [2.45, 2.75) is 93.6 Å². The number of likely N-dealkylation sites (tertiary alicyclic amines) is 3. The van der Waals surface area contributed by atoms with Gasteiger partial charge in [-0.05, 0) is 75.8 Å². The van der Waals surface area contributed by atoms with E-state index in [9.17, 15) is 38.4 Å². The van der Waals surface area contributed by atoms with Crippen LogP contribution < -0.4 is 21.4 Å². The summed E-state index contributed by atoms with van der Waals surface area (Å²) in [5.74, 6) is -3.80. The van der Waals surface area contributed by atoms with Crippen LogP contribution >= 0.6 is 11.6 Å². The number of nitrogens with one attached hydrogen (secondary N) is 4. The maximum absolute atomic E-state index is 14.6. The van der Waals surface area contributed by atoms with Gasteiger partial charge in [0, 0.05) is 99.4 Å².